The first-order valence-electron chi connectivity index (χ1n) is 5.88. The highest BCUT2D eigenvalue weighted by molar-refractivity contribution is 8.18. The quantitative estimate of drug-likeness (QED) is 0.783. The normalized spacial score (nSPS) is 18.2. The van der Waals surface area contributed by atoms with Crippen LogP contribution in [0.2, 0.25) is 0 Å². The molecule has 0 aliphatic carbocycles. The van der Waals surface area contributed by atoms with Gasteiger partial charge in [-0.3, -0.25) is 14.5 Å². The molecule has 3 nitrogen and oxygen atoms in total. The average Bonchev–Trinajstić information content (AvgIpc) is 2.58. The number of carbonyl (C=O) groups is 2. The highest BCUT2D eigenvalue weighted by Gasteiger charge is 2.34. The molecular weight excluding hydrogens is 246 g/mol. The Balaban J connectivity index is 2.20. The maximum absolute atomic E-state index is 12.1. The van der Waals surface area contributed by atoms with Crippen molar-refractivity contribution < 1.29 is 9.59 Å². The Morgan fingerprint density at radius 2 is 1.89 bits per heavy atom. The summed E-state index contributed by atoms with van der Waals surface area (Å²) in [5.41, 5.74) is 0.938. The van der Waals surface area contributed by atoms with Crippen LogP contribution < -0.4 is 0 Å². The SMILES string of the molecule is CC(C)CN1C(=O)S/C(=C/c2ccccc2)C1=O. The molecule has 1 aromatic rings. The lowest BCUT2D eigenvalue weighted by Gasteiger charge is -2.14. The molecule has 1 fully saturated rings. The Bertz CT molecular complexity index is 494. The summed E-state index contributed by atoms with van der Waals surface area (Å²) in [6.07, 6.45) is 1.77. The first kappa shape index (κ1) is 12.9. The fraction of sp³-hybridized carbons (Fsp3) is 0.286. The van der Waals surface area contributed by atoms with Crippen LogP contribution in [0.1, 0.15) is 19.4 Å². The van der Waals surface area contributed by atoms with Crippen LogP contribution in [0.25, 0.3) is 6.08 Å². The summed E-state index contributed by atoms with van der Waals surface area (Å²) in [5.74, 6) is 0.108. The summed E-state index contributed by atoms with van der Waals surface area (Å²) in [4.78, 5) is 25.6. The Morgan fingerprint density at radius 1 is 1.22 bits per heavy atom. The van der Waals surface area contributed by atoms with Gasteiger partial charge >= 0.3 is 0 Å². The van der Waals surface area contributed by atoms with E-state index in [4.69, 9.17) is 0 Å². The van der Waals surface area contributed by atoms with Crippen molar-refractivity contribution in [2.24, 2.45) is 5.92 Å². The molecule has 0 unspecified atom stereocenters. The van der Waals surface area contributed by atoms with E-state index in [0.29, 0.717) is 11.4 Å². The van der Waals surface area contributed by atoms with E-state index in [9.17, 15) is 9.59 Å². The topological polar surface area (TPSA) is 37.4 Å². The zero-order chi connectivity index (χ0) is 13.1. The van der Waals surface area contributed by atoms with Crippen molar-refractivity contribution in [2.75, 3.05) is 6.54 Å². The smallest absolute Gasteiger partial charge is 0.268 e. The molecule has 1 saturated heterocycles. The number of carbonyl (C=O) groups excluding carboxylic acids is 2. The lowest BCUT2D eigenvalue weighted by atomic mass is 10.2. The van der Waals surface area contributed by atoms with Gasteiger partial charge in [0, 0.05) is 6.54 Å². The Morgan fingerprint density at radius 3 is 2.50 bits per heavy atom. The monoisotopic (exact) mass is 261 g/mol. The van der Waals surface area contributed by atoms with Crippen molar-refractivity contribution >= 4 is 29.0 Å². The fourth-order valence-electron chi connectivity index (χ4n) is 1.72. The number of imide groups is 1. The minimum atomic E-state index is -0.178. The van der Waals surface area contributed by atoms with Crippen LogP contribution in [0.3, 0.4) is 0 Å². The predicted molar refractivity (Wildman–Crippen MR) is 74.0 cm³/mol. The zero-order valence-electron chi connectivity index (χ0n) is 10.4. The molecule has 1 heterocycles. The third-order valence-electron chi connectivity index (χ3n) is 2.52. The average molecular weight is 261 g/mol. The largest absolute Gasteiger partial charge is 0.293 e. The second kappa shape index (κ2) is 5.40. The summed E-state index contributed by atoms with van der Waals surface area (Å²) in [5, 5.41) is -0.170. The number of nitrogens with zero attached hydrogens (tertiary/aromatic N) is 1. The Labute approximate surface area is 111 Å². The first-order chi connectivity index (χ1) is 8.58. The van der Waals surface area contributed by atoms with E-state index in [-0.39, 0.29) is 17.1 Å². The summed E-state index contributed by atoms with van der Waals surface area (Å²) >= 11 is 1.02. The lowest BCUT2D eigenvalue weighted by Crippen LogP contribution is -2.31. The first-order valence-corrected chi connectivity index (χ1v) is 6.70. The molecule has 2 rings (SSSR count). The molecular formula is C14H15NO2S. The number of benzene rings is 1. The van der Waals surface area contributed by atoms with Gasteiger partial charge < -0.3 is 0 Å². The van der Waals surface area contributed by atoms with Gasteiger partial charge in [0.25, 0.3) is 11.1 Å². The number of thioether (sulfide) groups is 1. The summed E-state index contributed by atoms with van der Waals surface area (Å²) in [6.45, 7) is 4.46. The van der Waals surface area contributed by atoms with Crippen LogP contribution in [0.15, 0.2) is 35.2 Å². The minimum Gasteiger partial charge on any atom is -0.268 e. The maximum Gasteiger partial charge on any atom is 0.293 e. The van der Waals surface area contributed by atoms with Crippen molar-refractivity contribution in [1.29, 1.82) is 0 Å². The van der Waals surface area contributed by atoms with E-state index in [2.05, 4.69) is 0 Å². The maximum atomic E-state index is 12.1. The van der Waals surface area contributed by atoms with Crippen molar-refractivity contribution in [3.05, 3.63) is 40.8 Å². The number of hydrogen-bond acceptors (Lipinski definition) is 3. The van der Waals surface area contributed by atoms with Crippen molar-refractivity contribution in [1.82, 2.24) is 4.90 Å². The molecule has 0 bridgehead atoms. The number of rotatable bonds is 3. The fourth-order valence-corrected chi connectivity index (χ4v) is 2.57. The molecule has 0 N–H and O–H groups in total. The minimum absolute atomic E-state index is 0.170. The molecule has 1 aliphatic rings. The third-order valence-corrected chi connectivity index (χ3v) is 3.43. The van der Waals surface area contributed by atoms with E-state index in [1.54, 1.807) is 6.08 Å². The van der Waals surface area contributed by atoms with Gasteiger partial charge in [-0.1, -0.05) is 44.2 Å². The summed E-state index contributed by atoms with van der Waals surface area (Å²) in [7, 11) is 0. The van der Waals surface area contributed by atoms with Gasteiger partial charge in [0.05, 0.1) is 4.91 Å². The molecule has 0 saturated carbocycles. The van der Waals surface area contributed by atoms with Crippen LogP contribution in [-0.2, 0) is 4.79 Å². The van der Waals surface area contributed by atoms with Gasteiger partial charge in [-0.05, 0) is 29.3 Å². The molecule has 0 spiro atoms. The Kier molecular flexibility index (Phi) is 3.87. The Hall–Kier alpha value is -1.55. The highest BCUT2D eigenvalue weighted by atomic mass is 32.2. The third kappa shape index (κ3) is 2.82. The molecule has 1 aromatic carbocycles. The van der Waals surface area contributed by atoms with E-state index in [0.717, 1.165) is 17.3 Å². The molecule has 2 amide bonds. The van der Waals surface area contributed by atoms with Gasteiger partial charge in [-0.15, -0.1) is 0 Å². The summed E-state index contributed by atoms with van der Waals surface area (Å²) in [6, 6.07) is 9.56. The van der Waals surface area contributed by atoms with Gasteiger partial charge in [0.2, 0.25) is 0 Å². The predicted octanol–water partition coefficient (Wildman–Crippen LogP) is 3.38. The van der Waals surface area contributed by atoms with E-state index < -0.39 is 0 Å². The molecule has 18 heavy (non-hydrogen) atoms. The highest BCUT2D eigenvalue weighted by Crippen LogP contribution is 2.32. The van der Waals surface area contributed by atoms with Crippen LogP contribution in [0.4, 0.5) is 4.79 Å². The molecule has 4 heteroatoms. The molecule has 1 aliphatic heterocycles. The second-order valence-electron chi connectivity index (χ2n) is 4.60. The van der Waals surface area contributed by atoms with Gasteiger partial charge in [-0.2, -0.15) is 0 Å². The van der Waals surface area contributed by atoms with Crippen LogP contribution >= 0.6 is 11.8 Å². The van der Waals surface area contributed by atoms with Crippen molar-refractivity contribution in [2.45, 2.75) is 13.8 Å². The molecule has 94 valence electrons. The van der Waals surface area contributed by atoms with Gasteiger partial charge in [0.15, 0.2) is 0 Å². The molecule has 0 aromatic heterocycles. The lowest BCUT2D eigenvalue weighted by molar-refractivity contribution is -0.123. The van der Waals surface area contributed by atoms with Crippen LogP contribution in [0, 0.1) is 5.92 Å². The molecule has 0 radical (unpaired) electrons. The van der Waals surface area contributed by atoms with Gasteiger partial charge in [0.1, 0.15) is 0 Å². The number of amides is 2. The second-order valence-corrected chi connectivity index (χ2v) is 5.59. The summed E-state index contributed by atoms with van der Waals surface area (Å²) < 4.78 is 0. The number of hydrogen-bond donors (Lipinski definition) is 0. The van der Waals surface area contributed by atoms with Crippen LogP contribution in [-0.4, -0.2) is 22.6 Å². The van der Waals surface area contributed by atoms with Crippen LogP contribution in [0.5, 0.6) is 0 Å². The van der Waals surface area contributed by atoms with E-state index >= 15 is 0 Å². The van der Waals surface area contributed by atoms with E-state index in [1.807, 2.05) is 44.2 Å². The van der Waals surface area contributed by atoms with Gasteiger partial charge in [-0.25, -0.2) is 0 Å². The van der Waals surface area contributed by atoms with E-state index in [1.165, 1.54) is 4.90 Å². The molecule has 0 atom stereocenters. The standard InChI is InChI=1S/C14H15NO2S/c1-10(2)9-15-13(16)12(18-14(15)17)8-11-6-4-3-5-7-11/h3-8,10H,9H2,1-2H3/b12-8+. The van der Waals surface area contributed by atoms with Crippen molar-refractivity contribution in [3.8, 4) is 0 Å². The van der Waals surface area contributed by atoms with Crippen molar-refractivity contribution in [3.63, 3.8) is 0 Å². The zero-order valence-corrected chi connectivity index (χ0v) is 11.2.